The van der Waals surface area contributed by atoms with Gasteiger partial charge in [0.15, 0.2) is 0 Å². The third kappa shape index (κ3) is 6.73. The number of hydrogen-bond donors (Lipinski definition) is 0. The summed E-state index contributed by atoms with van der Waals surface area (Å²) < 4.78 is 96.2. The number of rotatable bonds is 14. The molecule has 0 spiro atoms. The highest BCUT2D eigenvalue weighted by molar-refractivity contribution is 6.77. The van der Waals surface area contributed by atoms with Crippen molar-refractivity contribution < 1.29 is 55.6 Å². The van der Waals surface area contributed by atoms with Crippen molar-refractivity contribution in [1.29, 1.82) is 0 Å². The van der Waals surface area contributed by atoms with Crippen LogP contribution in [0.1, 0.15) is 0 Å². The van der Waals surface area contributed by atoms with Gasteiger partial charge in [0.1, 0.15) is 0 Å². The molecule has 0 heterocycles. The zero-order chi connectivity index (χ0) is 16.2. The molecule has 0 atom stereocenters. The van der Waals surface area contributed by atoms with E-state index in [1.54, 1.807) is 0 Å². The van der Waals surface area contributed by atoms with Crippen molar-refractivity contribution >= 4 is 76.0 Å². The molecule has 0 N–H and O–H groups in total. The van der Waals surface area contributed by atoms with Crippen LogP contribution in [0.25, 0.3) is 0 Å². The maximum absolute atomic E-state index is 10.6. The van der Waals surface area contributed by atoms with E-state index >= 15 is 0 Å². The summed E-state index contributed by atoms with van der Waals surface area (Å²) in [6, 6.07) is 0. The molecule has 0 rings (SSSR count). The lowest BCUT2D eigenvalue weighted by atomic mass is 15.5. The summed E-state index contributed by atoms with van der Waals surface area (Å²) in [6.07, 6.45) is 0. The summed E-state index contributed by atoms with van der Waals surface area (Å²) >= 11 is 0. The molecule has 21 heavy (non-hydrogen) atoms. The van der Waals surface area contributed by atoms with Gasteiger partial charge in [0.2, 0.25) is 0 Å². The Morgan fingerprint density at radius 3 is 0.762 bits per heavy atom. The summed E-state index contributed by atoms with van der Waals surface area (Å²) in [6.45, 7) is 0. The van der Waals surface area contributed by atoms with E-state index in [1.165, 1.54) is 0 Å². The van der Waals surface area contributed by atoms with E-state index in [9.17, 15) is 26.8 Å². The molecule has 0 fully saturated rings. The Hall–Kier alpha value is -0.705. The third-order valence-corrected chi connectivity index (χ3v) is 12.6. The van der Waals surface area contributed by atoms with Gasteiger partial charge in [0.05, 0.1) is 0 Å². The van der Waals surface area contributed by atoms with E-state index in [4.69, 9.17) is 4.12 Å². The van der Waals surface area contributed by atoms with Gasteiger partial charge in [-0.2, -0.15) is 0 Å². The summed E-state index contributed by atoms with van der Waals surface area (Å²) in [4.78, 5) is 0. The molecule has 116 valence electrons. The second kappa shape index (κ2) is 10.9. The van der Waals surface area contributed by atoms with Crippen LogP contribution in [0.15, 0.2) is 0 Å². The van der Waals surface area contributed by atoms with E-state index in [-0.39, 0.29) is 0 Å². The Morgan fingerprint density at radius 2 is 0.619 bits per heavy atom. The fraction of sp³-hybridized carbons (Fsp3) is 0. The topological polar surface area (TPSA) is 167 Å². The van der Waals surface area contributed by atoms with Gasteiger partial charge in [-0.05, 0) is 0 Å². The van der Waals surface area contributed by atoms with Crippen LogP contribution >= 0.6 is 0 Å². The molecule has 13 nitrogen and oxygen atoms in total. The largest absolute Gasteiger partial charge is 0.851 e. The lowest BCUT2D eigenvalue weighted by Crippen LogP contribution is -2.62. The first-order chi connectivity index (χ1) is 10.1. The molecule has 21 heteroatoms. The Bertz CT molecular complexity index is 301. The van der Waals surface area contributed by atoms with Crippen molar-refractivity contribution in [2.75, 3.05) is 0 Å². The summed E-state index contributed by atoms with van der Waals surface area (Å²) in [5, 5.41) is 0. The second-order valence-electron chi connectivity index (χ2n) is 2.39. The maximum Gasteiger partial charge on any atom is 0.851 e. The van der Waals surface area contributed by atoms with Gasteiger partial charge < -0.3 is 51.5 Å². The van der Waals surface area contributed by atoms with Crippen LogP contribution in [0, 0.1) is 0 Å². The van der Waals surface area contributed by atoms with E-state index < -0.39 is 76.0 Å². The fourth-order valence-electron chi connectivity index (χ4n) is 0.818. The molecule has 0 aliphatic carbocycles. The molecule has 0 saturated carbocycles. The zero-order valence-corrected chi connectivity index (χ0v) is 18.7. The summed E-state index contributed by atoms with van der Waals surface area (Å²) in [7, 11) is -21.3. The monoisotopic (exact) mass is 438 g/mol. The standard InChI is InChI=1S/H6O13Si8/c1-14-7-20(8-15-2,9-16-3)13-21(10-17-4,11-18-5)12-19-6/h14-19H. The first-order valence-electron chi connectivity index (χ1n) is 4.46. The van der Waals surface area contributed by atoms with Gasteiger partial charge in [-0.25, -0.2) is 0 Å². The Kier molecular flexibility index (Phi) is 10.6. The Labute approximate surface area is 131 Å². The molecule has 0 amide bonds. The average Bonchev–Trinajstić information content (AvgIpc) is 2.40. The van der Waals surface area contributed by atoms with Gasteiger partial charge in [-0.15, -0.1) is 0 Å². The predicted molar refractivity (Wildman–Crippen MR) is 66.1 cm³/mol. The molecule has 0 aromatic rings. The van der Waals surface area contributed by atoms with Crippen molar-refractivity contribution in [3.05, 3.63) is 0 Å². The maximum atomic E-state index is 10.6. The smallest absolute Gasteiger partial charge is 0.502 e. The van der Waals surface area contributed by atoms with Crippen LogP contribution in [-0.2, 0) is 55.6 Å². The van der Waals surface area contributed by atoms with Crippen molar-refractivity contribution in [3.63, 3.8) is 0 Å². The molecule has 0 aliphatic heterocycles. The van der Waals surface area contributed by atoms with Crippen molar-refractivity contribution in [2.45, 2.75) is 0 Å². The molecule has 0 aromatic heterocycles. The second-order valence-corrected chi connectivity index (χ2v) is 12.0. The van der Waals surface area contributed by atoms with E-state index in [0.717, 1.165) is 0 Å². The Morgan fingerprint density at radius 1 is 0.429 bits per heavy atom. The number of hydrogen-bond acceptors (Lipinski definition) is 13. The van der Waals surface area contributed by atoms with Gasteiger partial charge >= 0.3 is 76.0 Å². The Balaban J connectivity index is 5.60. The van der Waals surface area contributed by atoms with Crippen LogP contribution in [0.3, 0.4) is 0 Å². The third-order valence-electron chi connectivity index (χ3n) is 1.40. The summed E-state index contributed by atoms with van der Waals surface area (Å²) in [5.41, 5.74) is 0. The van der Waals surface area contributed by atoms with E-state index in [0.29, 0.717) is 0 Å². The SMILES string of the molecule is O=[SiH]O[Si](O[SiH]=O)(O[SiH]=O)O[Si](O[SiH]=O)(O[SiH]=O)O[SiH]=O. The molecule has 0 saturated heterocycles. The quantitative estimate of drug-likeness (QED) is 0.235. The minimum absolute atomic E-state index is 2.03. The van der Waals surface area contributed by atoms with Crippen molar-refractivity contribution in [2.24, 2.45) is 0 Å². The fourth-order valence-corrected chi connectivity index (χ4v) is 13.0. The molecule has 0 aliphatic rings. The van der Waals surface area contributed by atoms with E-state index in [2.05, 4.69) is 24.7 Å². The molecular formula is H6O13Si8. The highest BCUT2D eigenvalue weighted by atomic mass is 28.5. The minimum Gasteiger partial charge on any atom is -0.502 e. The molecular weight excluding hydrogens is 433 g/mol. The highest BCUT2D eigenvalue weighted by Crippen LogP contribution is 2.18. The molecule has 0 aromatic carbocycles. The van der Waals surface area contributed by atoms with Crippen LogP contribution in [0.5, 0.6) is 0 Å². The first-order valence-corrected chi connectivity index (χ1v) is 13.4. The minimum atomic E-state index is -4.56. The van der Waals surface area contributed by atoms with Crippen LogP contribution in [0.4, 0.5) is 0 Å². The predicted octanol–water partition coefficient (Wildman–Crippen LogP) is -5.84. The molecule has 0 unspecified atom stereocenters. The normalized spacial score (nSPS) is 10.3. The molecule has 0 bridgehead atoms. The van der Waals surface area contributed by atoms with Crippen LogP contribution < -0.4 is 0 Å². The average molecular weight is 439 g/mol. The van der Waals surface area contributed by atoms with Gasteiger partial charge in [-0.3, -0.25) is 4.12 Å². The van der Waals surface area contributed by atoms with Crippen LogP contribution in [0.2, 0.25) is 0 Å². The van der Waals surface area contributed by atoms with Gasteiger partial charge in [0, 0.05) is 0 Å². The highest BCUT2D eigenvalue weighted by Gasteiger charge is 2.67. The first kappa shape index (κ1) is 20.3. The lowest BCUT2D eigenvalue weighted by molar-refractivity contribution is 0.0754. The lowest BCUT2D eigenvalue weighted by Gasteiger charge is -2.29. The van der Waals surface area contributed by atoms with Gasteiger partial charge in [-0.1, -0.05) is 0 Å². The van der Waals surface area contributed by atoms with E-state index in [1.807, 2.05) is 0 Å². The van der Waals surface area contributed by atoms with Crippen molar-refractivity contribution in [1.82, 2.24) is 0 Å². The summed E-state index contributed by atoms with van der Waals surface area (Å²) in [5.74, 6) is 0. The van der Waals surface area contributed by atoms with Crippen molar-refractivity contribution in [3.8, 4) is 0 Å². The van der Waals surface area contributed by atoms with Gasteiger partial charge in [0.25, 0.3) is 0 Å². The molecule has 0 radical (unpaired) electrons. The zero-order valence-electron chi connectivity index (χ0n) is 9.77. The van der Waals surface area contributed by atoms with Crippen LogP contribution in [-0.4, -0.2) is 76.0 Å².